The number of hydrogen-bond acceptors (Lipinski definition) is 5. The Kier molecular flexibility index (Phi) is 4.17. The van der Waals surface area contributed by atoms with Gasteiger partial charge in [-0.25, -0.2) is 4.39 Å². The van der Waals surface area contributed by atoms with Crippen molar-refractivity contribution in [2.24, 2.45) is 0 Å². The Morgan fingerprint density at radius 3 is 3.00 bits per heavy atom. The third kappa shape index (κ3) is 3.34. The van der Waals surface area contributed by atoms with E-state index in [1.807, 2.05) is 0 Å². The second-order valence-corrected chi connectivity index (χ2v) is 4.02. The van der Waals surface area contributed by atoms with Crippen LogP contribution in [-0.4, -0.2) is 28.6 Å². The normalized spacial score (nSPS) is 10.4. The van der Waals surface area contributed by atoms with Crippen LogP contribution >= 0.6 is 0 Å². The molecule has 0 aliphatic carbocycles. The number of anilines is 2. The van der Waals surface area contributed by atoms with Crippen molar-refractivity contribution in [2.45, 2.75) is 13.0 Å². The maximum atomic E-state index is 13.4. The Balaban J connectivity index is 1.88. The molecular weight excluding hydrogens is 249 g/mol. The zero-order valence-electron chi connectivity index (χ0n) is 10.6. The number of rotatable bonds is 6. The highest BCUT2D eigenvalue weighted by Gasteiger charge is 2.07. The molecule has 6 nitrogen and oxygen atoms in total. The summed E-state index contributed by atoms with van der Waals surface area (Å²) in [4.78, 5) is 0. The Hall–Kier alpha value is -2.31. The van der Waals surface area contributed by atoms with Crippen molar-refractivity contribution >= 4 is 11.4 Å². The van der Waals surface area contributed by atoms with Crippen molar-refractivity contribution in [1.82, 2.24) is 15.0 Å². The van der Waals surface area contributed by atoms with Crippen LogP contribution < -0.4 is 15.8 Å². The van der Waals surface area contributed by atoms with Gasteiger partial charge in [-0.1, -0.05) is 5.21 Å². The fourth-order valence-electron chi connectivity index (χ4n) is 1.69. The highest BCUT2D eigenvalue weighted by Crippen LogP contribution is 2.27. The lowest BCUT2D eigenvalue weighted by Gasteiger charge is -2.11. The van der Waals surface area contributed by atoms with E-state index in [1.54, 1.807) is 23.1 Å². The van der Waals surface area contributed by atoms with Crippen molar-refractivity contribution in [3.05, 3.63) is 30.3 Å². The summed E-state index contributed by atoms with van der Waals surface area (Å²) in [6.45, 7) is 1.45. The van der Waals surface area contributed by atoms with Gasteiger partial charge < -0.3 is 15.8 Å². The summed E-state index contributed by atoms with van der Waals surface area (Å²) in [5.74, 6) is -0.291. The average Bonchev–Trinajstić information content (AvgIpc) is 2.90. The number of aryl methyl sites for hydroxylation is 1. The number of nitrogens with zero attached hydrogens (tertiary/aromatic N) is 3. The average molecular weight is 265 g/mol. The number of aromatic nitrogens is 3. The number of nitrogens with one attached hydrogen (secondary N) is 1. The Bertz CT molecular complexity index is 529. The van der Waals surface area contributed by atoms with Crippen LogP contribution in [0.15, 0.2) is 24.5 Å². The lowest BCUT2D eigenvalue weighted by atomic mass is 10.2. The van der Waals surface area contributed by atoms with Crippen LogP contribution in [0.3, 0.4) is 0 Å². The molecule has 0 aliphatic heterocycles. The predicted molar refractivity (Wildman–Crippen MR) is 70.5 cm³/mol. The molecular formula is C12H16FN5O. The SMILES string of the molecule is COc1cc(NCCCn2ccnn2)c(N)cc1F. The third-order valence-electron chi connectivity index (χ3n) is 2.68. The van der Waals surface area contributed by atoms with Gasteiger partial charge in [0, 0.05) is 31.4 Å². The third-order valence-corrected chi connectivity index (χ3v) is 2.68. The summed E-state index contributed by atoms with van der Waals surface area (Å²) in [6.07, 6.45) is 4.29. The van der Waals surface area contributed by atoms with Crippen LogP contribution in [0.5, 0.6) is 5.75 Å². The quantitative estimate of drug-likeness (QED) is 0.611. The van der Waals surface area contributed by atoms with Crippen LogP contribution in [0.1, 0.15) is 6.42 Å². The topological polar surface area (TPSA) is 78.0 Å². The van der Waals surface area contributed by atoms with Gasteiger partial charge in [0.05, 0.1) is 24.7 Å². The van der Waals surface area contributed by atoms with E-state index in [-0.39, 0.29) is 5.75 Å². The van der Waals surface area contributed by atoms with E-state index in [1.165, 1.54) is 13.2 Å². The molecule has 0 saturated carbocycles. The second-order valence-electron chi connectivity index (χ2n) is 4.02. The number of nitrogen functional groups attached to an aromatic ring is 1. The molecule has 102 valence electrons. The molecule has 0 aliphatic rings. The minimum absolute atomic E-state index is 0.174. The Labute approximate surface area is 110 Å². The molecule has 2 aromatic rings. The molecule has 3 N–H and O–H groups in total. The van der Waals surface area contributed by atoms with Gasteiger partial charge in [0.25, 0.3) is 0 Å². The lowest BCUT2D eigenvalue weighted by Crippen LogP contribution is -2.09. The summed E-state index contributed by atoms with van der Waals surface area (Å²) in [5.41, 5.74) is 6.76. The molecule has 0 spiro atoms. The number of hydrogen-bond donors (Lipinski definition) is 2. The van der Waals surface area contributed by atoms with Gasteiger partial charge in [-0.05, 0) is 6.42 Å². The fourth-order valence-corrected chi connectivity index (χ4v) is 1.69. The highest BCUT2D eigenvalue weighted by molar-refractivity contribution is 5.68. The molecule has 1 aromatic heterocycles. The first-order valence-electron chi connectivity index (χ1n) is 5.91. The largest absolute Gasteiger partial charge is 0.494 e. The molecule has 7 heteroatoms. The van der Waals surface area contributed by atoms with Gasteiger partial charge in [0.15, 0.2) is 11.6 Å². The van der Waals surface area contributed by atoms with Gasteiger partial charge in [-0.2, -0.15) is 0 Å². The Morgan fingerprint density at radius 2 is 2.32 bits per heavy atom. The molecule has 1 aromatic carbocycles. The van der Waals surface area contributed by atoms with E-state index in [4.69, 9.17) is 10.5 Å². The molecule has 0 radical (unpaired) electrons. The first-order chi connectivity index (χ1) is 9.20. The van der Waals surface area contributed by atoms with Crippen molar-refractivity contribution in [2.75, 3.05) is 24.7 Å². The molecule has 0 atom stereocenters. The number of benzene rings is 1. The molecule has 0 amide bonds. The van der Waals surface area contributed by atoms with E-state index in [0.717, 1.165) is 13.0 Å². The summed E-state index contributed by atoms with van der Waals surface area (Å²) in [6, 6.07) is 2.80. The van der Waals surface area contributed by atoms with E-state index in [0.29, 0.717) is 17.9 Å². The summed E-state index contributed by atoms with van der Waals surface area (Å²) in [5, 5.41) is 10.7. The van der Waals surface area contributed by atoms with E-state index in [2.05, 4.69) is 15.6 Å². The first-order valence-corrected chi connectivity index (χ1v) is 5.91. The summed E-state index contributed by atoms with van der Waals surface area (Å²) >= 11 is 0. The highest BCUT2D eigenvalue weighted by atomic mass is 19.1. The molecule has 0 fully saturated rings. The molecule has 2 rings (SSSR count). The smallest absolute Gasteiger partial charge is 0.167 e. The zero-order chi connectivity index (χ0) is 13.7. The number of methoxy groups -OCH3 is 1. The number of ether oxygens (including phenoxy) is 1. The van der Waals surface area contributed by atoms with Crippen molar-refractivity contribution in [3.63, 3.8) is 0 Å². The molecule has 0 unspecified atom stereocenters. The molecule has 0 bridgehead atoms. The maximum Gasteiger partial charge on any atom is 0.167 e. The predicted octanol–water partition coefficient (Wildman–Crippen LogP) is 1.51. The van der Waals surface area contributed by atoms with Crippen molar-refractivity contribution < 1.29 is 9.13 Å². The Morgan fingerprint density at radius 1 is 1.47 bits per heavy atom. The lowest BCUT2D eigenvalue weighted by molar-refractivity contribution is 0.387. The summed E-state index contributed by atoms with van der Waals surface area (Å²) < 4.78 is 20.0. The second kappa shape index (κ2) is 6.03. The monoisotopic (exact) mass is 265 g/mol. The van der Waals surface area contributed by atoms with Gasteiger partial charge >= 0.3 is 0 Å². The standard InChI is InChI=1S/C12H16FN5O/c1-19-12-8-11(10(14)7-9(12)13)15-3-2-5-18-6-4-16-17-18/h4,6-8,15H,2-3,5,14H2,1H3. The zero-order valence-corrected chi connectivity index (χ0v) is 10.6. The van der Waals surface area contributed by atoms with Crippen LogP contribution in [0, 0.1) is 5.82 Å². The maximum absolute atomic E-state index is 13.4. The molecule has 1 heterocycles. The van der Waals surface area contributed by atoms with Gasteiger partial charge in [0.1, 0.15) is 0 Å². The van der Waals surface area contributed by atoms with Crippen LogP contribution in [0.2, 0.25) is 0 Å². The first kappa shape index (κ1) is 13.1. The number of nitrogens with two attached hydrogens (primary N) is 1. The van der Waals surface area contributed by atoms with E-state index < -0.39 is 5.82 Å². The molecule has 0 saturated heterocycles. The minimum Gasteiger partial charge on any atom is -0.494 e. The van der Waals surface area contributed by atoms with Crippen LogP contribution in [0.25, 0.3) is 0 Å². The molecule has 19 heavy (non-hydrogen) atoms. The summed E-state index contributed by atoms with van der Waals surface area (Å²) in [7, 11) is 1.42. The van der Waals surface area contributed by atoms with Crippen molar-refractivity contribution in [3.8, 4) is 5.75 Å². The van der Waals surface area contributed by atoms with Gasteiger partial charge in [-0.15, -0.1) is 5.10 Å². The van der Waals surface area contributed by atoms with Gasteiger partial charge in [0.2, 0.25) is 0 Å². The minimum atomic E-state index is -0.465. The van der Waals surface area contributed by atoms with Crippen molar-refractivity contribution in [1.29, 1.82) is 0 Å². The van der Waals surface area contributed by atoms with E-state index in [9.17, 15) is 4.39 Å². The fraction of sp³-hybridized carbons (Fsp3) is 0.333. The number of halogens is 1. The van der Waals surface area contributed by atoms with Crippen LogP contribution in [-0.2, 0) is 6.54 Å². The van der Waals surface area contributed by atoms with E-state index >= 15 is 0 Å². The van der Waals surface area contributed by atoms with Gasteiger partial charge in [-0.3, -0.25) is 4.68 Å². The van der Waals surface area contributed by atoms with Crippen LogP contribution in [0.4, 0.5) is 15.8 Å².